The smallest absolute Gasteiger partial charge is 0.383 e. The average molecular weight is 455 g/mol. The Morgan fingerprint density at radius 3 is 2.47 bits per heavy atom. The van der Waals surface area contributed by atoms with E-state index >= 15 is 0 Å². The molecule has 172 valence electrons. The zero-order chi connectivity index (χ0) is 23.5. The van der Waals surface area contributed by atoms with E-state index in [2.05, 4.69) is 5.10 Å². The van der Waals surface area contributed by atoms with Gasteiger partial charge in [0.05, 0.1) is 23.6 Å². The Bertz CT molecular complexity index is 1060. The topological polar surface area (TPSA) is 111 Å². The van der Waals surface area contributed by atoms with Crippen LogP contribution in [0.5, 0.6) is 0 Å². The van der Waals surface area contributed by atoms with Crippen LogP contribution in [-0.2, 0) is 17.5 Å². The first kappa shape index (κ1) is 23.2. The minimum absolute atomic E-state index is 0.0568. The monoisotopic (exact) mass is 455 g/mol. The summed E-state index contributed by atoms with van der Waals surface area (Å²) in [5.74, 6) is -0.419. The minimum Gasteiger partial charge on any atom is -0.383 e. The molecule has 1 aromatic heterocycles. The van der Waals surface area contributed by atoms with Gasteiger partial charge in [0.25, 0.3) is 17.2 Å². The summed E-state index contributed by atoms with van der Waals surface area (Å²) in [7, 11) is 1.47. The molecule has 3 rings (SSSR count). The number of hydrogen-bond donors (Lipinski definition) is 0. The highest BCUT2D eigenvalue weighted by Crippen LogP contribution is 2.36. The van der Waals surface area contributed by atoms with Gasteiger partial charge in [0, 0.05) is 45.4 Å². The molecule has 1 aromatic carbocycles. The molecule has 1 saturated heterocycles. The number of rotatable bonds is 6. The highest BCUT2D eigenvalue weighted by atomic mass is 19.4. The van der Waals surface area contributed by atoms with Crippen LogP contribution in [0, 0.1) is 10.1 Å². The molecule has 0 spiro atoms. The standard InChI is InChI=1S/C19H20F3N5O5/c1-32-11-10-26-17(28)5-3-14(23-26)18(29)25-8-6-24(7-9-25)15-4-2-13(19(20,21)22)12-16(15)27(30)31/h2-5,12H,6-11H2,1H3. The summed E-state index contributed by atoms with van der Waals surface area (Å²) >= 11 is 0. The van der Waals surface area contributed by atoms with Gasteiger partial charge in [-0.1, -0.05) is 0 Å². The third kappa shape index (κ3) is 5.04. The van der Waals surface area contributed by atoms with Crippen LogP contribution in [0.1, 0.15) is 16.1 Å². The Kier molecular flexibility index (Phi) is 6.77. The zero-order valence-corrected chi connectivity index (χ0v) is 17.0. The average Bonchev–Trinajstić information content (AvgIpc) is 2.77. The molecule has 0 unspecified atom stereocenters. The molecular formula is C19H20F3N5O5. The summed E-state index contributed by atoms with van der Waals surface area (Å²) in [5.41, 5.74) is -2.00. The van der Waals surface area contributed by atoms with E-state index in [1.807, 2.05) is 0 Å². The van der Waals surface area contributed by atoms with Gasteiger partial charge in [0.1, 0.15) is 11.4 Å². The van der Waals surface area contributed by atoms with Crippen molar-refractivity contribution in [1.29, 1.82) is 0 Å². The van der Waals surface area contributed by atoms with Crippen LogP contribution in [0.15, 0.2) is 35.1 Å². The van der Waals surface area contributed by atoms with Crippen molar-refractivity contribution >= 4 is 17.3 Å². The normalized spacial score (nSPS) is 14.5. The number of amides is 1. The number of hydrogen-bond acceptors (Lipinski definition) is 7. The molecule has 2 aromatic rings. The van der Waals surface area contributed by atoms with E-state index in [0.29, 0.717) is 6.07 Å². The maximum absolute atomic E-state index is 12.9. The highest BCUT2D eigenvalue weighted by molar-refractivity contribution is 5.92. The molecule has 0 bridgehead atoms. The van der Waals surface area contributed by atoms with Gasteiger partial charge >= 0.3 is 6.18 Å². The highest BCUT2D eigenvalue weighted by Gasteiger charge is 2.34. The summed E-state index contributed by atoms with van der Waals surface area (Å²) in [5, 5.41) is 15.4. The molecule has 1 aliphatic heterocycles. The van der Waals surface area contributed by atoms with Crippen LogP contribution in [0.4, 0.5) is 24.5 Å². The summed E-state index contributed by atoms with van der Waals surface area (Å²) in [6.45, 7) is 1.14. The van der Waals surface area contributed by atoms with E-state index in [4.69, 9.17) is 4.74 Å². The summed E-state index contributed by atoms with van der Waals surface area (Å²) in [4.78, 5) is 38.1. The van der Waals surface area contributed by atoms with Gasteiger partial charge in [-0.15, -0.1) is 0 Å². The Morgan fingerprint density at radius 2 is 1.88 bits per heavy atom. The molecule has 1 amide bonds. The zero-order valence-electron chi connectivity index (χ0n) is 17.0. The van der Waals surface area contributed by atoms with Crippen molar-refractivity contribution in [3.8, 4) is 0 Å². The third-order valence-electron chi connectivity index (χ3n) is 5.00. The van der Waals surface area contributed by atoms with Crippen LogP contribution in [0.25, 0.3) is 0 Å². The number of halogens is 3. The molecule has 1 aliphatic rings. The lowest BCUT2D eigenvalue weighted by molar-refractivity contribution is -0.384. The molecule has 0 radical (unpaired) electrons. The van der Waals surface area contributed by atoms with Crippen LogP contribution in [0.2, 0.25) is 0 Å². The predicted molar refractivity (Wildman–Crippen MR) is 107 cm³/mol. The van der Waals surface area contributed by atoms with Crippen molar-refractivity contribution in [3.63, 3.8) is 0 Å². The molecular weight excluding hydrogens is 435 g/mol. The SMILES string of the molecule is COCCn1nc(C(=O)N2CCN(c3ccc(C(F)(F)F)cc3[N+](=O)[O-])CC2)ccc1=O. The van der Waals surface area contributed by atoms with E-state index in [1.54, 1.807) is 4.90 Å². The maximum atomic E-state index is 12.9. The van der Waals surface area contributed by atoms with Gasteiger partial charge in [-0.25, -0.2) is 4.68 Å². The summed E-state index contributed by atoms with van der Waals surface area (Å²) in [6, 6.07) is 4.94. The van der Waals surface area contributed by atoms with Crippen molar-refractivity contribution in [2.45, 2.75) is 12.7 Å². The number of methoxy groups -OCH3 is 1. The number of carbonyl (C=O) groups excluding carboxylic acids is 1. The molecule has 0 aliphatic carbocycles. The van der Waals surface area contributed by atoms with Crippen LogP contribution in [-0.4, -0.2) is 65.4 Å². The lowest BCUT2D eigenvalue weighted by Gasteiger charge is -2.35. The van der Waals surface area contributed by atoms with E-state index in [9.17, 15) is 32.9 Å². The Labute approximate surface area is 179 Å². The third-order valence-corrected chi connectivity index (χ3v) is 5.00. The molecule has 0 atom stereocenters. The first-order valence-electron chi connectivity index (χ1n) is 9.59. The second kappa shape index (κ2) is 9.34. The van der Waals surface area contributed by atoms with Gasteiger partial charge in [-0.3, -0.25) is 19.7 Å². The summed E-state index contributed by atoms with van der Waals surface area (Å²) in [6.07, 6.45) is -4.69. The fourth-order valence-corrected chi connectivity index (χ4v) is 3.33. The van der Waals surface area contributed by atoms with Crippen molar-refractivity contribution in [2.75, 3.05) is 44.8 Å². The first-order valence-corrected chi connectivity index (χ1v) is 9.59. The van der Waals surface area contributed by atoms with Gasteiger partial charge in [0.15, 0.2) is 0 Å². The second-order valence-electron chi connectivity index (χ2n) is 7.01. The lowest BCUT2D eigenvalue weighted by Crippen LogP contribution is -2.49. The molecule has 32 heavy (non-hydrogen) atoms. The first-order chi connectivity index (χ1) is 15.1. The number of nitro groups is 1. The van der Waals surface area contributed by atoms with E-state index in [-0.39, 0.29) is 56.3 Å². The number of alkyl halides is 3. The van der Waals surface area contributed by atoms with Crippen molar-refractivity contribution in [3.05, 3.63) is 62.1 Å². The largest absolute Gasteiger partial charge is 0.416 e. The molecule has 1 fully saturated rings. The van der Waals surface area contributed by atoms with E-state index in [0.717, 1.165) is 16.8 Å². The molecule has 0 N–H and O–H groups in total. The number of benzene rings is 1. The fraction of sp³-hybridized carbons (Fsp3) is 0.421. The number of anilines is 1. The number of aromatic nitrogens is 2. The van der Waals surface area contributed by atoms with Crippen LogP contribution in [0.3, 0.4) is 0 Å². The number of ether oxygens (including phenoxy) is 1. The van der Waals surface area contributed by atoms with Crippen LogP contribution >= 0.6 is 0 Å². The minimum atomic E-state index is -4.69. The second-order valence-corrected chi connectivity index (χ2v) is 7.01. The van der Waals surface area contributed by atoms with Crippen molar-refractivity contribution in [2.24, 2.45) is 0 Å². The number of piperazine rings is 1. The quantitative estimate of drug-likeness (QED) is 0.482. The Hall–Kier alpha value is -3.48. The maximum Gasteiger partial charge on any atom is 0.416 e. The molecule has 13 heteroatoms. The number of nitrogens with zero attached hydrogens (tertiary/aromatic N) is 5. The Balaban J connectivity index is 1.73. The van der Waals surface area contributed by atoms with E-state index in [1.165, 1.54) is 24.1 Å². The van der Waals surface area contributed by atoms with Gasteiger partial charge in [-0.05, 0) is 18.2 Å². The van der Waals surface area contributed by atoms with Gasteiger partial charge in [0.2, 0.25) is 0 Å². The van der Waals surface area contributed by atoms with Crippen LogP contribution < -0.4 is 10.5 Å². The van der Waals surface area contributed by atoms with Gasteiger partial charge in [-0.2, -0.15) is 18.3 Å². The fourth-order valence-electron chi connectivity index (χ4n) is 3.33. The Morgan fingerprint density at radius 1 is 1.19 bits per heavy atom. The molecule has 2 heterocycles. The lowest BCUT2D eigenvalue weighted by atomic mass is 10.1. The molecule has 0 saturated carbocycles. The van der Waals surface area contributed by atoms with E-state index < -0.39 is 28.3 Å². The predicted octanol–water partition coefficient (Wildman–Crippen LogP) is 1.78. The molecule has 10 nitrogen and oxygen atoms in total. The van der Waals surface area contributed by atoms with Gasteiger partial charge < -0.3 is 14.5 Å². The summed E-state index contributed by atoms with van der Waals surface area (Å²) < 4.78 is 44.8. The number of nitro benzene ring substituents is 1. The van der Waals surface area contributed by atoms with Crippen molar-refractivity contribution in [1.82, 2.24) is 14.7 Å². The van der Waals surface area contributed by atoms with Crippen molar-refractivity contribution < 1.29 is 27.6 Å². The number of carbonyl (C=O) groups is 1.